The van der Waals surface area contributed by atoms with Gasteiger partial charge in [-0.15, -0.1) is 0 Å². The van der Waals surface area contributed by atoms with E-state index in [-0.39, 0.29) is 0 Å². The van der Waals surface area contributed by atoms with Crippen LogP contribution in [-0.2, 0) is 0 Å². The Balaban J connectivity index is 2.36. The molecule has 0 saturated carbocycles. The number of rotatable bonds is 4. The van der Waals surface area contributed by atoms with Crippen molar-refractivity contribution in [1.29, 1.82) is 0 Å². The Bertz CT molecular complexity index is 588. The molecule has 3 N–H and O–H groups in total. The van der Waals surface area contributed by atoms with Crippen LogP contribution in [0.2, 0.25) is 0 Å². The van der Waals surface area contributed by atoms with Crippen LogP contribution in [0.25, 0.3) is 0 Å². The normalized spacial score (nSPS) is 10.1. The van der Waals surface area contributed by atoms with E-state index < -0.39 is 0 Å². The van der Waals surface area contributed by atoms with Gasteiger partial charge in [0.05, 0.1) is 31.3 Å². The van der Waals surface area contributed by atoms with Gasteiger partial charge in [-0.3, -0.25) is 0 Å². The van der Waals surface area contributed by atoms with Gasteiger partial charge in [-0.1, -0.05) is 6.07 Å². The largest absolute Gasteiger partial charge is 0.497 e. The molecular weight excluding hydrogens is 308 g/mol. The molecule has 100 valence electrons. The van der Waals surface area contributed by atoms with Crippen LogP contribution in [0.3, 0.4) is 0 Å². The summed E-state index contributed by atoms with van der Waals surface area (Å²) in [5.41, 5.74) is 8.26. The third kappa shape index (κ3) is 2.93. The van der Waals surface area contributed by atoms with Gasteiger partial charge in [-0.2, -0.15) is 0 Å². The Morgan fingerprint density at radius 3 is 2.53 bits per heavy atom. The number of para-hydroxylation sites is 1. The average Bonchev–Trinajstić information content (AvgIpc) is 2.43. The van der Waals surface area contributed by atoms with E-state index in [1.54, 1.807) is 14.2 Å². The second-order valence-corrected chi connectivity index (χ2v) is 4.75. The summed E-state index contributed by atoms with van der Waals surface area (Å²) in [6, 6.07) is 11.3. The maximum absolute atomic E-state index is 6.03. The number of anilines is 3. The highest BCUT2D eigenvalue weighted by molar-refractivity contribution is 9.10. The van der Waals surface area contributed by atoms with Crippen molar-refractivity contribution >= 4 is 33.0 Å². The third-order valence-corrected chi connectivity index (χ3v) is 3.42. The number of nitrogens with two attached hydrogens (primary N) is 1. The smallest absolute Gasteiger partial charge is 0.143 e. The molecular formula is C14H15BrN2O2. The average molecular weight is 323 g/mol. The summed E-state index contributed by atoms with van der Waals surface area (Å²) in [5.74, 6) is 1.41. The van der Waals surface area contributed by atoms with Gasteiger partial charge in [0.1, 0.15) is 11.5 Å². The molecule has 0 aliphatic carbocycles. The van der Waals surface area contributed by atoms with Crippen molar-refractivity contribution in [2.24, 2.45) is 0 Å². The standard InChI is InChI=1S/C14H15BrN2O2/c1-18-9-6-7-10(15)12(8-9)17-11-4-3-5-13(19-2)14(11)16/h3-8,17H,16H2,1-2H3. The molecule has 19 heavy (non-hydrogen) atoms. The first-order valence-corrected chi connectivity index (χ1v) is 6.48. The van der Waals surface area contributed by atoms with E-state index in [1.807, 2.05) is 36.4 Å². The molecule has 0 saturated heterocycles. The Labute approximate surface area is 120 Å². The van der Waals surface area contributed by atoms with Crippen molar-refractivity contribution in [3.05, 3.63) is 40.9 Å². The third-order valence-electron chi connectivity index (χ3n) is 2.73. The van der Waals surface area contributed by atoms with E-state index >= 15 is 0 Å². The zero-order valence-electron chi connectivity index (χ0n) is 10.7. The van der Waals surface area contributed by atoms with Gasteiger partial charge in [0.15, 0.2) is 0 Å². The van der Waals surface area contributed by atoms with E-state index in [4.69, 9.17) is 15.2 Å². The van der Waals surface area contributed by atoms with Gasteiger partial charge in [-0.05, 0) is 40.2 Å². The molecule has 0 fully saturated rings. The first-order chi connectivity index (χ1) is 9.15. The topological polar surface area (TPSA) is 56.5 Å². The lowest BCUT2D eigenvalue weighted by molar-refractivity contribution is 0.415. The highest BCUT2D eigenvalue weighted by Gasteiger charge is 2.08. The lowest BCUT2D eigenvalue weighted by Crippen LogP contribution is -1.99. The second-order valence-electron chi connectivity index (χ2n) is 3.89. The van der Waals surface area contributed by atoms with Crippen molar-refractivity contribution in [3.8, 4) is 11.5 Å². The monoisotopic (exact) mass is 322 g/mol. The Hall–Kier alpha value is -1.88. The maximum Gasteiger partial charge on any atom is 0.143 e. The molecule has 4 nitrogen and oxygen atoms in total. The number of hydrogen-bond acceptors (Lipinski definition) is 4. The molecule has 5 heteroatoms. The summed E-state index contributed by atoms with van der Waals surface area (Å²) in [6.07, 6.45) is 0. The first-order valence-electron chi connectivity index (χ1n) is 5.68. The molecule has 0 radical (unpaired) electrons. The van der Waals surface area contributed by atoms with Crippen LogP contribution < -0.4 is 20.5 Å². The molecule has 0 spiro atoms. The predicted molar refractivity (Wildman–Crippen MR) is 81.4 cm³/mol. The molecule has 0 aliphatic heterocycles. The maximum atomic E-state index is 6.03. The highest BCUT2D eigenvalue weighted by Crippen LogP contribution is 2.35. The molecule has 0 atom stereocenters. The van der Waals surface area contributed by atoms with Gasteiger partial charge in [-0.25, -0.2) is 0 Å². The van der Waals surface area contributed by atoms with E-state index in [2.05, 4.69) is 21.2 Å². The minimum absolute atomic E-state index is 0.569. The zero-order valence-corrected chi connectivity index (χ0v) is 12.3. The SMILES string of the molecule is COc1ccc(Br)c(Nc2cccc(OC)c2N)c1. The predicted octanol–water partition coefficient (Wildman–Crippen LogP) is 3.79. The molecule has 0 heterocycles. The number of hydrogen-bond donors (Lipinski definition) is 2. The van der Waals surface area contributed by atoms with E-state index in [0.717, 1.165) is 21.6 Å². The highest BCUT2D eigenvalue weighted by atomic mass is 79.9. The molecule has 2 aromatic carbocycles. The van der Waals surface area contributed by atoms with Gasteiger partial charge in [0, 0.05) is 10.5 Å². The number of methoxy groups -OCH3 is 2. The zero-order chi connectivity index (χ0) is 13.8. The number of nitrogens with one attached hydrogen (secondary N) is 1. The van der Waals surface area contributed by atoms with E-state index in [1.165, 1.54) is 0 Å². The summed E-state index contributed by atoms with van der Waals surface area (Å²) in [5, 5.41) is 3.26. The van der Waals surface area contributed by atoms with Crippen molar-refractivity contribution in [2.45, 2.75) is 0 Å². The Kier molecular flexibility index (Phi) is 4.16. The Morgan fingerprint density at radius 1 is 1.05 bits per heavy atom. The van der Waals surface area contributed by atoms with Crippen LogP contribution in [0.5, 0.6) is 11.5 Å². The minimum Gasteiger partial charge on any atom is -0.497 e. The second kappa shape index (κ2) is 5.84. The summed E-state index contributed by atoms with van der Waals surface area (Å²) in [4.78, 5) is 0. The van der Waals surface area contributed by atoms with Crippen molar-refractivity contribution in [1.82, 2.24) is 0 Å². The number of nitrogen functional groups attached to an aromatic ring is 1. The lowest BCUT2D eigenvalue weighted by Gasteiger charge is -2.14. The van der Waals surface area contributed by atoms with Crippen LogP contribution >= 0.6 is 15.9 Å². The van der Waals surface area contributed by atoms with Crippen molar-refractivity contribution in [3.63, 3.8) is 0 Å². The fourth-order valence-electron chi connectivity index (χ4n) is 1.70. The summed E-state index contributed by atoms with van der Waals surface area (Å²) >= 11 is 3.49. The lowest BCUT2D eigenvalue weighted by atomic mass is 10.2. The van der Waals surface area contributed by atoms with Crippen molar-refractivity contribution in [2.75, 3.05) is 25.3 Å². The van der Waals surface area contributed by atoms with Gasteiger partial charge in [0.25, 0.3) is 0 Å². The van der Waals surface area contributed by atoms with Gasteiger partial charge < -0.3 is 20.5 Å². The molecule has 0 unspecified atom stereocenters. The van der Waals surface area contributed by atoms with Crippen LogP contribution in [-0.4, -0.2) is 14.2 Å². The van der Waals surface area contributed by atoms with Crippen LogP contribution in [0.15, 0.2) is 40.9 Å². The van der Waals surface area contributed by atoms with Crippen molar-refractivity contribution < 1.29 is 9.47 Å². The minimum atomic E-state index is 0.569. The summed E-state index contributed by atoms with van der Waals surface area (Å²) in [6.45, 7) is 0. The van der Waals surface area contributed by atoms with E-state index in [0.29, 0.717) is 11.4 Å². The molecule has 2 rings (SSSR count). The fourth-order valence-corrected chi connectivity index (χ4v) is 2.05. The summed E-state index contributed by atoms with van der Waals surface area (Å²) < 4.78 is 11.3. The Morgan fingerprint density at radius 2 is 1.84 bits per heavy atom. The quantitative estimate of drug-likeness (QED) is 0.841. The van der Waals surface area contributed by atoms with Gasteiger partial charge in [0.2, 0.25) is 0 Å². The number of ether oxygens (including phenoxy) is 2. The molecule has 2 aromatic rings. The van der Waals surface area contributed by atoms with Crippen LogP contribution in [0.1, 0.15) is 0 Å². The van der Waals surface area contributed by atoms with E-state index in [9.17, 15) is 0 Å². The molecule has 0 amide bonds. The number of halogens is 1. The van der Waals surface area contributed by atoms with Crippen LogP contribution in [0.4, 0.5) is 17.1 Å². The summed E-state index contributed by atoms with van der Waals surface area (Å²) in [7, 11) is 3.23. The molecule has 0 bridgehead atoms. The first kappa shape index (κ1) is 13.5. The van der Waals surface area contributed by atoms with Gasteiger partial charge >= 0.3 is 0 Å². The fraction of sp³-hybridized carbons (Fsp3) is 0.143. The molecule has 0 aromatic heterocycles. The van der Waals surface area contributed by atoms with Crippen LogP contribution in [0, 0.1) is 0 Å². The number of benzene rings is 2. The molecule has 0 aliphatic rings.